The van der Waals surface area contributed by atoms with E-state index in [1.807, 2.05) is 0 Å². The molecule has 15 heavy (non-hydrogen) atoms. The normalized spacial score (nSPS) is 9.80. The van der Waals surface area contributed by atoms with Crippen LogP contribution in [0.2, 0.25) is 0 Å². The number of nitrogens with zero attached hydrogens (tertiary/aromatic N) is 1. The molecule has 0 amide bonds. The Labute approximate surface area is 95.1 Å². The lowest BCUT2D eigenvalue weighted by Gasteiger charge is -2.06. The Morgan fingerprint density at radius 1 is 1.60 bits per heavy atom. The van der Waals surface area contributed by atoms with Crippen molar-refractivity contribution < 1.29 is 13.9 Å². The third kappa shape index (κ3) is 3.23. The van der Waals surface area contributed by atoms with Crippen molar-refractivity contribution in [1.29, 1.82) is 0 Å². The topological polar surface area (TPSA) is 38.7 Å². The highest BCUT2D eigenvalue weighted by Gasteiger charge is 2.08. The van der Waals surface area contributed by atoms with E-state index in [0.29, 0.717) is 16.6 Å². The van der Waals surface area contributed by atoms with Crippen LogP contribution in [-0.4, -0.2) is 13.2 Å². The number of hydrogen-bond donors (Lipinski definition) is 0. The van der Waals surface area contributed by atoms with Crippen LogP contribution in [0, 0.1) is 5.82 Å². The molecule has 1 rings (SSSR count). The average Bonchev–Trinajstić information content (AvgIpc) is 2.21. The van der Waals surface area contributed by atoms with E-state index in [0.717, 1.165) is 5.56 Å². The summed E-state index contributed by atoms with van der Waals surface area (Å²) in [6, 6.07) is 3.25. The molecule has 0 saturated carbocycles. The Bertz CT molecular complexity index is 403. The average molecular weight is 274 g/mol. The van der Waals surface area contributed by atoms with Crippen LogP contribution in [0.25, 0.3) is 0 Å². The summed E-state index contributed by atoms with van der Waals surface area (Å²) in [6.45, 7) is 0.377. The summed E-state index contributed by atoms with van der Waals surface area (Å²) in [5.41, 5.74) is 1.17. The van der Waals surface area contributed by atoms with Crippen molar-refractivity contribution in [3.05, 3.63) is 33.5 Å². The van der Waals surface area contributed by atoms with E-state index in [-0.39, 0.29) is 6.54 Å². The lowest BCUT2D eigenvalue weighted by molar-refractivity contribution is 0.184. The molecule has 0 aromatic heterocycles. The zero-order valence-electron chi connectivity index (χ0n) is 8.09. The molecule has 80 valence electrons. The van der Waals surface area contributed by atoms with Crippen LogP contribution >= 0.6 is 15.9 Å². The van der Waals surface area contributed by atoms with Crippen molar-refractivity contribution in [1.82, 2.24) is 0 Å². The Hall–Kier alpha value is -1.03. The second-order valence-electron chi connectivity index (χ2n) is 2.89. The number of benzene rings is 1. The molecule has 0 radical (unpaired) electrons. The van der Waals surface area contributed by atoms with E-state index < -0.39 is 5.82 Å². The van der Waals surface area contributed by atoms with Crippen LogP contribution in [-0.2, 0) is 22.7 Å². The van der Waals surface area contributed by atoms with E-state index in [2.05, 4.69) is 20.9 Å². The number of ether oxygens (including phenoxy) is 1. The number of methoxy groups -OCH3 is 1. The third-order valence-corrected chi connectivity index (χ3v) is 2.37. The van der Waals surface area contributed by atoms with Gasteiger partial charge in [0, 0.05) is 12.7 Å². The van der Waals surface area contributed by atoms with Gasteiger partial charge >= 0.3 is 0 Å². The maximum Gasteiger partial charge on any atom is 0.235 e. The SMILES string of the molecule is COCc1cc(Br)c(F)c(CN=C=O)c1. The first-order valence-corrected chi connectivity index (χ1v) is 4.97. The minimum atomic E-state index is -0.408. The molecule has 5 heteroatoms. The largest absolute Gasteiger partial charge is 0.380 e. The summed E-state index contributed by atoms with van der Waals surface area (Å²) in [4.78, 5) is 13.3. The molecule has 0 atom stereocenters. The third-order valence-electron chi connectivity index (χ3n) is 1.79. The fourth-order valence-corrected chi connectivity index (χ4v) is 1.74. The molecule has 0 aliphatic carbocycles. The summed E-state index contributed by atoms with van der Waals surface area (Å²) in [5, 5.41) is 0. The summed E-state index contributed by atoms with van der Waals surface area (Å²) in [6.07, 6.45) is 1.38. The van der Waals surface area contributed by atoms with Gasteiger partial charge in [-0.1, -0.05) is 0 Å². The summed E-state index contributed by atoms with van der Waals surface area (Å²) >= 11 is 3.09. The van der Waals surface area contributed by atoms with Gasteiger partial charge in [0.25, 0.3) is 0 Å². The van der Waals surface area contributed by atoms with Gasteiger partial charge in [0.15, 0.2) is 0 Å². The van der Waals surface area contributed by atoms with E-state index in [9.17, 15) is 9.18 Å². The van der Waals surface area contributed by atoms with Crippen LogP contribution < -0.4 is 0 Å². The van der Waals surface area contributed by atoms with Gasteiger partial charge in [-0.25, -0.2) is 14.2 Å². The molecular formula is C10H9BrFNO2. The van der Waals surface area contributed by atoms with Crippen molar-refractivity contribution in [3.63, 3.8) is 0 Å². The molecule has 0 aliphatic heterocycles. The molecule has 0 fully saturated rings. The minimum Gasteiger partial charge on any atom is -0.380 e. The number of hydrogen-bond acceptors (Lipinski definition) is 3. The standard InChI is InChI=1S/C10H9BrFNO2/c1-15-5-7-2-8(4-13-6-14)10(12)9(11)3-7/h2-3H,4-5H2,1H3. The molecule has 0 aliphatic rings. The maximum atomic E-state index is 13.5. The molecule has 0 bridgehead atoms. The Balaban J connectivity index is 3.06. The van der Waals surface area contributed by atoms with Crippen LogP contribution in [0.4, 0.5) is 4.39 Å². The number of rotatable bonds is 4. The predicted octanol–water partition coefficient (Wildman–Crippen LogP) is 2.57. The highest BCUT2D eigenvalue weighted by atomic mass is 79.9. The van der Waals surface area contributed by atoms with Crippen molar-refractivity contribution in [2.45, 2.75) is 13.2 Å². The summed E-state index contributed by atoms with van der Waals surface area (Å²) in [5.74, 6) is -0.408. The highest BCUT2D eigenvalue weighted by molar-refractivity contribution is 9.10. The van der Waals surface area contributed by atoms with Gasteiger partial charge < -0.3 is 4.74 Å². The van der Waals surface area contributed by atoms with Crippen molar-refractivity contribution in [2.24, 2.45) is 4.99 Å². The van der Waals surface area contributed by atoms with Gasteiger partial charge in [-0.05, 0) is 33.6 Å². The smallest absolute Gasteiger partial charge is 0.235 e. The Morgan fingerprint density at radius 3 is 2.93 bits per heavy atom. The van der Waals surface area contributed by atoms with E-state index >= 15 is 0 Å². The second-order valence-corrected chi connectivity index (χ2v) is 3.75. The number of isocyanates is 1. The molecular weight excluding hydrogens is 265 g/mol. The number of halogens is 2. The van der Waals surface area contributed by atoms with Crippen molar-refractivity contribution in [2.75, 3.05) is 7.11 Å². The first-order chi connectivity index (χ1) is 7.19. The lowest BCUT2D eigenvalue weighted by atomic mass is 10.1. The molecule has 0 saturated heterocycles. The second kappa shape index (κ2) is 5.75. The monoisotopic (exact) mass is 273 g/mol. The van der Waals surface area contributed by atoms with E-state index in [4.69, 9.17) is 4.74 Å². The van der Waals surface area contributed by atoms with Crippen molar-refractivity contribution in [3.8, 4) is 0 Å². The zero-order chi connectivity index (χ0) is 11.3. The van der Waals surface area contributed by atoms with Crippen molar-refractivity contribution >= 4 is 22.0 Å². The Morgan fingerprint density at radius 2 is 2.33 bits per heavy atom. The van der Waals surface area contributed by atoms with Crippen LogP contribution in [0.15, 0.2) is 21.6 Å². The predicted molar refractivity (Wildman–Crippen MR) is 56.6 cm³/mol. The van der Waals surface area contributed by atoms with Gasteiger partial charge in [-0.15, -0.1) is 0 Å². The molecule has 0 spiro atoms. The summed E-state index contributed by atoms with van der Waals surface area (Å²) in [7, 11) is 1.56. The van der Waals surface area contributed by atoms with Crippen LogP contribution in [0.3, 0.4) is 0 Å². The van der Waals surface area contributed by atoms with Gasteiger partial charge in [-0.2, -0.15) is 0 Å². The fraction of sp³-hybridized carbons (Fsp3) is 0.300. The maximum absolute atomic E-state index is 13.5. The van der Waals surface area contributed by atoms with Gasteiger partial charge in [0.1, 0.15) is 5.82 Å². The fourth-order valence-electron chi connectivity index (χ4n) is 1.19. The first-order valence-electron chi connectivity index (χ1n) is 4.18. The molecule has 1 aromatic rings. The van der Waals surface area contributed by atoms with Gasteiger partial charge in [0.05, 0.1) is 17.6 Å². The van der Waals surface area contributed by atoms with Crippen LogP contribution in [0.1, 0.15) is 11.1 Å². The van der Waals surface area contributed by atoms with E-state index in [1.54, 1.807) is 19.2 Å². The number of carbonyl (C=O) groups excluding carboxylic acids is 1. The minimum absolute atomic E-state index is 0.00844. The van der Waals surface area contributed by atoms with Crippen LogP contribution in [0.5, 0.6) is 0 Å². The first kappa shape index (κ1) is 12.0. The molecule has 0 N–H and O–H groups in total. The zero-order valence-corrected chi connectivity index (χ0v) is 9.67. The molecule has 0 unspecified atom stereocenters. The molecule has 0 heterocycles. The number of aliphatic imine (C=N–C) groups is 1. The highest BCUT2D eigenvalue weighted by Crippen LogP contribution is 2.22. The van der Waals surface area contributed by atoms with Gasteiger partial charge in [0.2, 0.25) is 6.08 Å². The molecule has 1 aromatic carbocycles. The quantitative estimate of drug-likeness (QED) is 0.625. The van der Waals surface area contributed by atoms with E-state index in [1.165, 1.54) is 6.08 Å². The lowest BCUT2D eigenvalue weighted by Crippen LogP contribution is -1.95. The van der Waals surface area contributed by atoms with Gasteiger partial charge in [-0.3, -0.25) is 0 Å². The Kier molecular flexibility index (Phi) is 4.62. The molecule has 3 nitrogen and oxygen atoms in total. The summed E-state index contributed by atoms with van der Waals surface area (Å²) < 4.78 is 18.7.